The lowest BCUT2D eigenvalue weighted by atomic mass is 10.2. The van der Waals surface area contributed by atoms with Crippen LogP contribution in [0, 0.1) is 18.3 Å². The van der Waals surface area contributed by atoms with Crippen LogP contribution < -0.4 is 0 Å². The average Bonchev–Trinajstić information content (AvgIpc) is 2.38. The van der Waals surface area contributed by atoms with Crippen LogP contribution in [0.1, 0.15) is 16.7 Å². The third-order valence-corrected chi connectivity index (χ3v) is 3.62. The van der Waals surface area contributed by atoms with Crippen LogP contribution in [-0.4, -0.2) is 0 Å². The number of benzene rings is 2. The average molecular weight is 239 g/mol. The molecule has 0 unspecified atom stereocenters. The molecule has 2 aromatic rings. The van der Waals surface area contributed by atoms with E-state index >= 15 is 0 Å². The maximum Gasteiger partial charge on any atom is 0.100 e. The molecule has 17 heavy (non-hydrogen) atoms. The van der Waals surface area contributed by atoms with E-state index in [-0.39, 0.29) is 0 Å². The predicted octanol–water partition coefficient (Wildman–Crippen LogP) is 4.16. The van der Waals surface area contributed by atoms with Gasteiger partial charge in [-0.15, -0.1) is 11.8 Å². The van der Waals surface area contributed by atoms with Crippen molar-refractivity contribution in [3.05, 3.63) is 65.2 Å². The van der Waals surface area contributed by atoms with Crippen molar-refractivity contribution in [3.63, 3.8) is 0 Å². The first-order valence-corrected chi connectivity index (χ1v) is 6.45. The van der Waals surface area contributed by atoms with Gasteiger partial charge in [-0.25, -0.2) is 0 Å². The number of rotatable bonds is 3. The molecule has 0 heterocycles. The summed E-state index contributed by atoms with van der Waals surface area (Å²) < 4.78 is 0. The smallest absolute Gasteiger partial charge is 0.100 e. The van der Waals surface area contributed by atoms with E-state index in [2.05, 4.69) is 24.3 Å². The molecule has 0 aliphatic heterocycles. The molecule has 0 radical (unpaired) electrons. The van der Waals surface area contributed by atoms with Crippen LogP contribution >= 0.6 is 11.8 Å². The summed E-state index contributed by atoms with van der Waals surface area (Å²) in [5.74, 6) is 0.902. The van der Waals surface area contributed by atoms with Crippen molar-refractivity contribution in [1.29, 1.82) is 5.26 Å². The van der Waals surface area contributed by atoms with Crippen LogP contribution in [0.15, 0.2) is 53.4 Å². The molecule has 0 N–H and O–H groups in total. The summed E-state index contributed by atoms with van der Waals surface area (Å²) in [7, 11) is 0. The lowest BCUT2D eigenvalue weighted by molar-refractivity contribution is 1.30. The third-order valence-electron chi connectivity index (χ3n) is 2.49. The highest BCUT2D eigenvalue weighted by Gasteiger charge is 2.03. The van der Waals surface area contributed by atoms with Gasteiger partial charge in [0.2, 0.25) is 0 Å². The Morgan fingerprint density at radius 3 is 2.59 bits per heavy atom. The van der Waals surface area contributed by atoms with Crippen molar-refractivity contribution in [3.8, 4) is 6.07 Å². The summed E-state index contributed by atoms with van der Waals surface area (Å²) >= 11 is 1.72. The van der Waals surface area contributed by atoms with Gasteiger partial charge in [-0.2, -0.15) is 5.26 Å². The number of hydrogen-bond donors (Lipinski definition) is 0. The van der Waals surface area contributed by atoms with E-state index in [1.165, 1.54) is 11.1 Å². The van der Waals surface area contributed by atoms with Gasteiger partial charge in [0.1, 0.15) is 6.07 Å². The second-order valence-corrected chi connectivity index (χ2v) is 4.90. The lowest BCUT2D eigenvalue weighted by Crippen LogP contribution is -1.85. The minimum Gasteiger partial charge on any atom is -0.192 e. The molecule has 0 saturated carbocycles. The zero-order valence-corrected chi connectivity index (χ0v) is 10.5. The Bertz CT molecular complexity index is 541. The normalized spacial score (nSPS) is 9.88. The zero-order valence-electron chi connectivity index (χ0n) is 9.68. The van der Waals surface area contributed by atoms with Gasteiger partial charge in [0.15, 0.2) is 0 Å². The molecule has 0 aliphatic carbocycles. The van der Waals surface area contributed by atoms with Gasteiger partial charge >= 0.3 is 0 Å². The van der Waals surface area contributed by atoms with Gasteiger partial charge in [-0.1, -0.05) is 36.4 Å². The fourth-order valence-corrected chi connectivity index (χ4v) is 2.63. The topological polar surface area (TPSA) is 23.8 Å². The quantitative estimate of drug-likeness (QED) is 0.751. The Hall–Kier alpha value is -1.72. The van der Waals surface area contributed by atoms with Crippen molar-refractivity contribution in [2.24, 2.45) is 0 Å². The van der Waals surface area contributed by atoms with Crippen molar-refractivity contribution in [2.75, 3.05) is 0 Å². The Kier molecular flexibility index (Phi) is 3.85. The second kappa shape index (κ2) is 5.56. The molecular formula is C15H13NS. The summed E-state index contributed by atoms with van der Waals surface area (Å²) in [6.45, 7) is 2.05. The first-order chi connectivity index (χ1) is 8.29. The summed E-state index contributed by atoms with van der Waals surface area (Å²) in [5, 5.41) is 9.04. The summed E-state index contributed by atoms with van der Waals surface area (Å²) in [5.41, 5.74) is 3.24. The fraction of sp³-hybridized carbons (Fsp3) is 0.133. The highest BCUT2D eigenvalue weighted by atomic mass is 32.2. The van der Waals surface area contributed by atoms with E-state index < -0.39 is 0 Å². The molecule has 2 aromatic carbocycles. The SMILES string of the molecule is Cc1ccc(C#N)c(SCc2ccccc2)c1. The van der Waals surface area contributed by atoms with Crippen molar-refractivity contribution in [2.45, 2.75) is 17.6 Å². The first kappa shape index (κ1) is 11.8. The Balaban J connectivity index is 2.14. The van der Waals surface area contributed by atoms with E-state index in [4.69, 9.17) is 5.26 Å². The standard InChI is InChI=1S/C15H13NS/c1-12-7-8-14(10-16)15(9-12)17-11-13-5-3-2-4-6-13/h2-9H,11H2,1H3. The molecule has 84 valence electrons. The highest BCUT2D eigenvalue weighted by molar-refractivity contribution is 7.98. The molecule has 0 bridgehead atoms. The number of hydrogen-bond acceptors (Lipinski definition) is 2. The largest absolute Gasteiger partial charge is 0.192 e. The molecule has 2 rings (SSSR count). The molecule has 1 nitrogen and oxygen atoms in total. The molecule has 0 aromatic heterocycles. The Labute approximate surface area is 106 Å². The van der Waals surface area contributed by atoms with Crippen LogP contribution in [-0.2, 0) is 5.75 Å². The minimum absolute atomic E-state index is 0.761. The van der Waals surface area contributed by atoms with Gasteiger partial charge in [-0.3, -0.25) is 0 Å². The van der Waals surface area contributed by atoms with E-state index in [1.807, 2.05) is 37.3 Å². The molecule has 0 spiro atoms. The number of nitrogens with zero attached hydrogens (tertiary/aromatic N) is 1. The number of thioether (sulfide) groups is 1. The minimum atomic E-state index is 0.761. The summed E-state index contributed by atoms with van der Waals surface area (Å²) in [6, 6.07) is 18.5. The molecular weight excluding hydrogens is 226 g/mol. The molecule has 2 heteroatoms. The highest BCUT2D eigenvalue weighted by Crippen LogP contribution is 2.26. The monoisotopic (exact) mass is 239 g/mol. The van der Waals surface area contributed by atoms with Crippen LogP contribution in [0.3, 0.4) is 0 Å². The van der Waals surface area contributed by atoms with Gasteiger partial charge in [0.05, 0.1) is 5.56 Å². The summed E-state index contributed by atoms with van der Waals surface area (Å²) in [4.78, 5) is 1.07. The van der Waals surface area contributed by atoms with Crippen LogP contribution in [0.4, 0.5) is 0 Å². The third kappa shape index (κ3) is 3.12. The van der Waals surface area contributed by atoms with E-state index in [9.17, 15) is 0 Å². The lowest BCUT2D eigenvalue weighted by Gasteiger charge is -2.05. The number of aryl methyl sites for hydroxylation is 1. The Morgan fingerprint density at radius 2 is 1.88 bits per heavy atom. The first-order valence-electron chi connectivity index (χ1n) is 5.47. The van der Waals surface area contributed by atoms with Crippen LogP contribution in [0.5, 0.6) is 0 Å². The predicted molar refractivity (Wildman–Crippen MR) is 71.9 cm³/mol. The molecule has 0 atom stereocenters. The Morgan fingerprint density at radius 1 is 1.12 bits per heavy atom. The van der Waals surface area contributed by atoms with Crippen molar-refractivity contribution in [1.82, 2.24) is 0 Å². The van der Waals surface area contributed by atoms with Gasteiger partial charge in [0, 0.05) is 10.6 Å². The second-order valence-electron chi connectivity index (χ2n) is 3.89. The van der Waals surface area contributed by atoms with Gasteiger partial charge < -0.3 is 0 Å². The van der Waals surface area contributed by atoms with Crippen LogP contribution in [0.2, 0.25) is 0 Å². The van der Waals surface area contributed by atoms with E-state index in [1.54, 1.807) is 11.8 Å². The van der Waals surface area contributed by atoms with Crippen molar-refractivity contribution < 1.29 is 0 Å². The van der Waals surface area contributed by atoms with Crippen LogP contribution in [0.25, 0.3) is 0 Å². The van der Waals surface area contributed by atoms with Gasteiger partial charge in [-0.05, 0) is 30.2 Å². The maximum absolute atomic E-state index is 9.04. The maximum atomic E-state index is 9.04. The van der Waals surface area contributed by atoms with E-state index in [0.717, 1.165) is 16.2 Å². The van der Waals surface area contributed by atoms with E-state index in [0.29, 0.717) is 0 Å². The molecule has 0 amide bonds. The zero-order chi connectivity index (χ0) is 12.1. The fourth-order valence-electron chi connectivity index (χ4n) is 1.58. The molecule has 0 aliphatic rings. The molecule has 0 saturated heterocycles. The number of nitriles is 1. The summed E-state index contributed by atoms with van der Waals surface area (Å²) in [6.07, 6.45) is 0. The molecule has 0 fully saturated rings. The van der Waals surface area contributed by atoms with Gasteiger partial charge in [0.25, 0.3) is 0 Å². The van der Waals surface area contributed by atoms with Crippen molar-refractivity contribution >= 4 is 11.8 Å².